The van der Waals surface area contributed by atoms with Crippen LogP contribution in [-0.2, 0) is 29.4 Å². The highest BCUT2D eigenvalue weighted by Crippen LogP contribution is 2.30. The van der Waals surface area contributed by atoms with Gasteiger partial charge < -0.3 is 16.0 Å². The summed E-state index contributed by atoms with van der Waals surface area (Å²) in [7, 11) is -3.80. The van der Waals surface area contributed by atoms with E-state index in [0.29, 0.717) is 23.5 Å². The Hall–Kier alpha value is -3.17. The van der Waals surface area contributed by atoms with Crippen LogP contribution >= 0.6 is 0 Å². The lowest BCUT2D eigenvalue weighted by Gasteiger charge is -2.12. The van der Waals surface area contributed by atoms with Crippen LogP contribution in [0.4, 0.5) is 11.5 Å². The number of unbranched alkanes of at least 4 members (excludes halogenated alkanes) is 2. The smallest absolute Gasteiger partial charge is 0.238 e. The maximum atomic E-state index is 11.9. The first-order valence-electron chi connectivity index (χ1n) is 11.2. The molecule has 0 aliphatic heterocycles. The number of nitrogen functional groups attached to an aromatic ring is 2. The molecule has 174 valence electrons. The van der Waals surface area contributed by atoms with Crippen LogP contribution in [0.5, 0.6) is 0 Å². The molecular weight excluding hydrogens is 436 g/mol. The van der Waals surface area contributed by atoms with Gasteiger partial charge in [-0.3, -0.25) is 0 Å². The molecule has 4 rings (SSSR count). The number of nitrogens with zero attached hydrogens (tertiary/aromatic N) is 3. The third-order valence-electron chi connectivity index (χ3n) is 5.91. The number of primary sulfonamides is 1. The Balaban J connectivity index is 1.63. The highest BCUT2D eigenvalue weighted by molar-refractivity contribution is 7.89. The Morgan fingerprint density at radius 3 is 2.52 bits per heavy atom. The lowest BCUT2D eigenvalue weighted by atomic mass is 10.1. The minimum atomic E-state index is -3.80. The van der Waals surface area contributed by atoms with Gasteiger partial charge in [-0.05, 0) is 55.5 Å². The van der Waals surface area contributed by atoms with E-state index in [2.05, 4.69) is 22.5 Å². The highest BCUT2D eigenvalue weighted by atomic mass is 32.2. The van der Waals surface area contributed by atoms with Gasteiger partial charge in [0.15, 0.2) is 5.82 Å². The summed E-state index contributed by atoms with van der Waals surface area (Å²) in [5.41, 5.74) is 15.9. The number of para-hydroxylation sites is 1. The highest BCUT2D eigenvalue weighted by Gasteiger charge is 2.17. The number of pyridine rings is 1. The molecule has 8 nitrogen and oxygen atoms in total. The van der Waals surface area contributed by atoms with Crippen molar-refractivity contribution in [2.45, 2.75) is 56.9 Å². The molecule has 0 spiro atoms. The third kappa shape index (κ3) is 4.79. The van der Waals surface area contributed by atoms with Crippen LogP contribution in [0.15, 0.2) is 47.4 Å². The summed E-state index contributed by atoms with van der Waals surface area (Å²) >= 11 is 0. The quantitative estimate of drug-likeness (QED) is 0.253. The number of fused-ring (bicyclic) bond motifs is 3. The number of nitrogens with two attached hydrogens (primary N) is 3. The van der Waals surface area contributed by atoms with Gasteiger partial charge in [-0.2, -0.15) is 0 Å². The Labute approximate surface area is 193 Å². The summed E-state index contributed by atoms with van der Waals surface area (Å²) in [6.07, 6.45) is 5.15. The Morgan fingerprint density at radius 1 is 0.970 bits per heavy atom. The number of aromatic nitrogens is 3. The van der Waals surface area contributed by atoms with Crippen molar-refractivity contribution in [1.29, 1.82) is 0 Å². The van der Waals surface area contributed by atoms with Crippen LogP contribution in [0.25, 0.3) is 21.9 Å². The second-order valence-electron chi connectivity index (χ2n) is 8.36. The molecule has 0 aliphatic rings. The molecule has 2 aromatic heterocycles. The summed E-state index contributed by atoms with van der Waals surface area (Å²) in [6, 6.07) is 12.7. The first kappa shape index (κ1) is 23.0. The lowest BCUT2D eigenvalue weighted by Crippen LogP contribution is -2.15. The molecule has 0 saturated heterocycles. The molecule has 6 N–H and O–H groups in total. The van der Waals surface area contributed by atoms with Crippen molar-refractivity contribution >= 4 is 43.5 Å². The van der Waals surface area contributed by atoms with Crippen molar-refractivity contribution in [3.8, 4) is 0 Å². The number of hydrogen-bond donors (Lipinski definition) is 3. The molecule has 0 radical (unpaired) electrons. The number of sulfonamides is 1. The average molecular weight is 467 g/mol. The van der Waals surface area contributed by atoms with Crippen molar-refractivity contribution in [3.63, 3.8) is 0 Å². The van der Waals surface area contributed by atoms with E-state index in [0.717, 1.165) is 66.4 Å². The predicted octanol–water partition coefficient (Wildman–Crippen LogP) is 3.76. The zero-order valence-electron chi connectivity index (χ0n) is 18.8. The van der Waals surface area contributed by atoms with E-state index >= 15 is 0 Å². The molecule has 2 aromatic carbocycles. The summed E-state index contributed by atoms with van der Waals surface area (Å²) in [4.78, 5) is 9.53. The molecular formula is C24H30N6O2S. The van der Waals surface area contributed by atoms with Gasteiger partial charge in [0.1, 0.15) is 11.3 Å². The topological polar surface area (TPSA) is 143 Å². The molecule has 0 amide bonds. The standard InChI is InChI=1S/C24H30N6O2S/c1-2-3-11-21-29-22-23(18-9-4-5-10-19(18)28-24(22)26)30(21)14-7-6-8-16-15-17(25)12-13-20(16)33(27,31)32/h4-5,9-10,12-13,15H,2-3,6-8,11,14,25H2,1H3,(H2,26,28)(H2,27,31,32). The van der Waals surface area contributed by atoms with E-state index in [-0.39, 0.29) is 4.90 Å². The van der Waals surface area contributed by atoms with Gasteiger partial charge in [-0.25, -0.2) is 23.5 Å². The third-order valence-corrected chi connectivity index (χ3v) is 6.92. The van der Waals surface area contributed by atoms with Crippen LogP contribution in [0.3, 0.4) is 0 Å². The van der Waals surface area contributed by atoms with Gasteiger partial charge in [0.25, 0.3) is 0 Å². The van der Waals surface area contributed by atoms with E-state index in [9.17, 15) is 8.42 Å². The van der Waals surface area contributed by atoms with Gasteiger partial charge in [-0.15, -0.1) is 0 Å². The molecule has 4 aromatic rings. The van der Waals surface area contributed by atoms with Crippen LogP contribution in [0, 0.1) is 0 Å². The minimum absolute atomic E-state index is 0.137. The summed E-state index contributed by atoms with van der Waals surface area (Å²) < 4.78 is 26.1. The zero-order chi connectivity index (χ0) is 23.6. The molecule has 0 fully saturated rings. The molecule has 0 bridgehead atoms. The number of hydrogen-bond acceptors (Lipinski definition) is 6. The Kier molecular flexibility index (Phi) is 6.53. The Morgan fingerprint density at radius 2 is 1.76 bits per heavy atom. The number of anilines is 2. The molecule has 9 heteroatoms. The monoisotopic (exact) mass is 466 g/mol. The maximum Gasteiger partial charge on any atom is 0.238 e. The fraction of sp³-hybridized carbons (Fsp3) is 0.333. The number of rotatable bonds is 9. The van der Waals surface area contributed by atoms with E-state index in [1.807, 2.05) is 18.2 Å². The normalized spacial score (nSPS) is 12.1. The first-order valence-corrected chi connectivity index (χ1v) is 12.8. The average Bonchev–Trinajstić information content (AvgIpc) is 3.14. The Bertz CT molecular complexity index is 1410. The van der Waals surface area contributed by atoms with Crippen LogP contribution in [0.2, 0.25) is 0 Å². The predicted molar refractivity (Wildman–Crippen MR) is 133 cm³/mol. The van der Waals surface area contributed by atoms with Crippen molar-refractivity contribution in [2.24, 2.45) is 5.14 Å². The summed E-state index contributed by atoms with van der Waals surface area (Å²) in [5.74, 6) is 1.45. The van der Waals surface area contributed by atoms with Crippen molar-refractivity contribution in [1.82, 2.24) is 14.5 Å². The molecule has 0 aliphatic carbocycles. The van der Waals surface area contributed by atoms with Crippen LogP contribution < -0.4 is 16.6 Å². The molecule has 0 saturated carbocycles. The maximum absolute atomic E-state index is 11.9. The van der Waals surface area contributed by atoms with Gasteiger partial charge in [0.05, 0.1) is 15.9 Å². The zero-order valence-corrected chi connectivity index (χ0v) is 19.6. The summed E-state index contributed by atoms with van der Waals surface area (Å²) in [6.45, 7) is 2.91. The van der Waals surface area contributed by atoms with E-state index in [4.69, 9.17) is 21.6 Å². The van der Waals surface area contributed by atoms with E-state index in [1.165, 1.54) is 6.07 Å². The van der Waals surface area contributed by atoms with E-state index < -0.39 is 10.0 Å². The number of benzene rings is 2. The molecule has 33 heavy (non-hydrogen) atoms. The van der Waals surface area contributed by atoms with Crippen molar-refractivity contribution in [3.05, 3.63) is 53.9 Å². The van der Waals surface area contributed by atoms with E-state index in [1.54, 1.807) is 12.1 Å². The first-order chi connectivity index (χ1) is 15.8. The SMILES string of the molecule is CCCCc1nc2c(N)nc3ccccc3c2n1CCCCc1cc(N)ccc1S(N)(=O)=O. The molecule has 0 atom stereocenters. The lowest BCUT2D eigenvalue weighted by molar-refractivity contribution is 0.583. The van der Waals surface area contributed by atoms with Gasteiger partial charge in [-0.1, -0.05) is 31.5 Å². The number of imidazole rings is 1. The van der Waals surface area contributed by atoms with Gasteiger partial charge in [0, 0.05) is 24.0 Å². The van der Waals surface area contributed by atoms with Gasteiger partial charge in [0.2, 0.25) is 10.0 Å². The summed E-state index contributed by atoms with van der Waals surface area (Å²) in [5, 5.41) is 6.42. The minimum Gasteiger partial charge on any atom is -0.399 e. The molecule has 0 unspecified atom stereocenters. The fourth-order valence-electron chi connectivity index (χ4n) is 4.33. The molecule has 2 heterocycles. The van der Waals surface area contributed by atoms with Crippen molar-refractivity contribution < 1.29 is 8.42 Å². The number of aryl methyl sites for hydroxylation is 3. The van der Waals surface area contributed by atoms with Crippen LogP contribution in [-0.4, -0.2) is 23.0 Å². The second kappa shape index (κ2) is 9.36. The van der Waals surface area contributed by atoms with Crippen LogP contribution in [0.1, 0.15) is 44.0 Å². The second-order valence-corrected chi connectivity index (χ2v) is 9.89. The van der Waals surface area contributed by atoms with Gasteiger partial charge >= 0.3 is 0 Å². The largest absolute Gasteiger partial charge is 0.399 e. The van der Waals surface area contributed by atoms with Crippen molar-refractivity contribution in [2.75, 3.05) is 11.5 Å². The fourth-order valence-corrected chi connectivity index (χ4v) is 5.11.